The van der Waals surface area contributed by atoms with E-state index >= 15 is 0 Å². The van der Waals surface area contributed by atoms with E-state index in [2.05, 4.69) is 0 Å². The van der Waals surface area contributed by atoms with Crippen LogP contribution in [-0.2, 0) is 21.7 Å². The second-order valence-electron chi connectivity index (χ2n) is 9.73. The minimum Gasteiger partial charge on any atom is -0.496 e. The molecule has 40 heavy (non-hydrogen) atoms. The van der Waals surface area contributed by atoms with Gasteiger partial charge in [0, 0.05) is 28.8 Å². The Morgan fingerprint density at radius 2 is 1.45 bits per heavy atom. The zero-order valence-corrected chi connectivity index (χ0v) is 22.8. The molecule has 1 saturated heterocycles. The van der Waals surface area contributed by atoms with Gasteiger partial charge in [0.15, 0.2) is 0 Å². The smallest absolute Gasteiger partial charge is 0.268 e. The highest BCUT2D eigenvalue weighted by atomic mass is 35.5. The third-order valence-corrected chi connectivity index (χ3v) is 7.76. The molecule has 202 valence electrons. The third kappa shape index (κ3) is 4.14. The molecule has 0 saturated carbocycles. The third-order valence-electron chi connectivity index (χ3n) is 7.53. The van der Waals surface area contributed by atoms with Gasteiger partial charge in [-0.3, -0.25) is 9.59 Å². The van der Waals surface area contributed by atoms with E-state index in [0.717, 1.165) is 11.1 Å². The maximum atomic E-state index is 13.9. The fraction of sp³-hybridized carbons (Fsp3) is 0.188. The van der Waals surface area contributed by atoms with Crippen LogP contribution in [0.4, 0.5) is 5.69 Å². The summed E-state index contributed by atoms with van der Waals surface area (Å²) in [6.07, 6.45) is -0.978. The lowest BCUT2D eigenvalue weighted by atomic mass is 9.69. The number of hydrogen-bond acceptors (Lipinski definition) is 5. The molecule has 7 nitrogen and oxygen atoms in total. The van der Waals surface area contributed by atoms with Crippen molar-refractivity contribution in [3.8, 4) is 17.2 Å². The van der Waals surface area contributed by atoms with Crippen LogP contribution in [-0.4, -0.2) is 43.6 Å². The Morgan fingerprint density at radius 3 is 2.10 bits per heavy atom. The minimum atomic E-state index is -1.12. The number of anilines is 1. The van der Waals surface area contributed by atoms with Gasteiger partial charge in [0.05, 0.1) is 26.5 Å². The first-order valence-corrected chi connectivity index (χ1v) is 13.2. The Balaban J connectivity index is 1.55. The Bertz CT molecular complexity index is 1560. The highest BCUT2D eigenvalue weighted by Gasteiger charge is 2.66. The predicted octanol–water partition coefficient (Wildman–Crippen LogP) is 5.44. The van der Waals surface area contributed by atoms with Gasteiger partial charge < -0.3 is 24.0 Å². The number of ether oxygens (including phenoxy) is 3. The molecule has 0 spiro atoms. The normalized spacial score (nSPS) is 19.7. The van der Waals surface area contributed by atoms with E-state index in [9.17, 15) is 9.59 Å². The van der Waals surface area contributed by atoms with Crippen LogP contribution in [0.25, 0.3) is 0 Å². The molecule has 2 amide bonds. The number of β-lactam (4-membered cyclic amide) rings is 1. The summed E-state index contributed by atoms with van der Waals surface area (Å²) < 4.78 is 17.3. The average Bonchev–Trinajstić information content (AvgIpc) is 3.08. The summed E-state index contributed by atoms with van der Waals surface area (Å²) in [6.45, 7) is 0.230. The molecule has 0 N–H and O–H groups in total. The summed E-state index contributed by atoms with van der Waals surface area (Å²) in [6, 6.07) is 30.0. The van der Waals surface area contributed by atoms with Crippen molar-refractivity contribution in [3.05, 3.63) is 119 Å². The van der Waals surface area contributed by atoms with Crippen molar-refractivity contribution in [2.45, 2.75) is 18.2 Å². The van der Waals surface area contributed by atoms with Gasteiger partial charge in [0.1, 0.15) is 29.3 Å². The van der Waals surface area contributed by atoms with Crippen LogP contribution in [0.2, 0.25) is 5.02 Å². The van der Waals surface area contributed by atoms with Crippen molar-refractivity contribution in [2.75, 3.05) is 25.7 Å². The summed E-state index contributed by atoms with van der Waals surface area (Å²) in [4.78, 5) is 31.0. The average molecular weight is 555 g/mol. The number of nitrogens with zero attached hydrogens (tertiary/aromatic N) is 2. The second-order valence-corrected chi connectivity index (χ2v) is 10.2. The maximum Gasteiger partial charge on any atom is 0.268 e. The van der Waals surface area contributed by atoms with Crippen molar-refractivity contribution in [1.82, 2.24) is 4.90 Å². The highest BCUT2D eigenvalue weighted by Crippen LogP contribution is 2.54. The van der Waals surface area contributed by atoms with E-state index in [1.807, 2.05) is 72.8 Å². The predicted molar refractivity (Wildman–Crippen MR) is 152 cm³/mol. The lowest BCUT2D eigenvalue weighted by Gasteiger charge is -2.56. The molecule has 6 rings (SSSR count). The number of carbonyl (C=O) groups is 2. The Morgan fingerprint density at radius 1 is 0.825 bits per heavy atom. The molecular weight excluding hydrogens is 528 g/mol. The monoisotopic (exact) mass is 554 g/mol. The number of fused-ring (bicyclic) bond motifs is 3. The van der Waals surface area contributed by atoms with Gasteiger partial charge in [-0.1, -0.05) is 72.3 Å². The highest BCUT2D eigenvalue weighted by molar-refractivity contribution is 6.30. The molecule has 8 heteroatoms. The quantitative estimate of drug-likeness (QED) is 0.285. The number of rotatable bonds is 7. The van der Waals surface area contributed by atoms with Crippen LogP contribution in [0.15, 0.2) is 97.1 Å². The molecule has 2 aliphatic heterocycles. The van der Waals surface area contributed by atoms with Gasteiger partial charge >= 0.3 is 0 Å². The number of amides is 2. The van der Waals surface area contributed by atoms with Gasteiger partial charge in [-0.15, -0.1) is 0 Å². The van der Waals surface area contributed by atoms with Gasteiger partial charge in [-0.05, 0) is 29.3 Å². The second kappa shape index (κ2) is 10.2. The molecule has 2 aliphatic rings. The number of hydrogen-bond donors (Lipinski definition) is 0. The first kappa shape index (κ1) is 25.8. The van der Waals surface area contributed by atoms with Gasteiger partial charge in [0.2, 0.25) is 12.0 Å². The van der Waals surface area contributed by atoms with Crippen LogP contribution < -0.4 is 19.1 Å². The van der Waals surface area contributed by atoms with Crippen molar-refractivity contribution in [2.24, 2.45) is 0 Å². The number of methoxy groups -OCH3 is 2. The lowest BCUT2D eigenvalue weighted by molar-refractivity contribution is -0.177. The molecule has 4 aromatic rings. The molecule has 2 atom stereocenters. The largest absolute Gasteiger partial charge is 0.496 e. The fourth-order valence-corrected chi connectivity index (χ4v) is 5.85. The maximum absolute atomic E-state index is 13.9. The van der Waals surface area contributed by atoms with Crippen molar-refractivity contribution < 1.29 is 23.8 Å². The summed E-state index contributed by atoms with van der Waals surface area (Å²) in [7, 11) is 3.10. The van der Waals surface area contributed by atoms with Gasteiger partial charge in [0.25, 0.3) is 5.91 Å². The standard InChI is InChI=1S/C32H27ClN2O5/c1-38-24-16-25(39-2)18-26(17-24)40-30-31(37)35-20-29(36)34(19-21-9-5-3-6-10-21)28-14-13-23(33)15-27(28)32(30,35)22-11-7-4-8-12-22/h3-18,30H,19-20H2,1-2H3/t30-,32+/m1/s1. The summed E-state index contributed by atoms with van der Waals surface area (Å²) >= 11 is 6.60. The van der Waals surface area contributed by atoms with Crippen LogP contribution in [0.3, 0.4) is 0 Å². The van der Waals surface area contributed by atoms with Crippen LogP contribution in [0.5, 0.6) is 17.2 Å². The Hall–Kier alpha value is -4.49. The molecule has 0 aliphatic carbocycles. The fourth-order valence-electron chi connectivity index (χ4n) is 5.68. The number of halogens is 1. The van der Waals surface area contributed by atoms with Crippen molar-refractivity contribution >= 4 is 29.1 Å². The van der Waals surface area contributed by atoms with Gasteiger partial charge in [-0.2, -0.15) is 0 Å². The lowest BCUT2D eigenvalue weighted by Crippen LogP contribution is -2.74. The van der Waals surface area contributed by atoms with E-state index < -0.39 is 11.6 Å². The van der Waals surface area contributed by atoms with E-state index in [-0.39, 0.29) is 18.4 Å². The molecule has 0 radical (unpaired) electrons. The number of benzene rings is 4. The molecule has 2 heterocycles. The van der Waals surface area contributed by atoms with Crippen LogP contribution in [0, 0.1) is 0 Å². The zero-order valence-electron chi connectivity index (χ0n) is 22.0. The van der Waals surface area contributed by atoms with E-state index in [0.29, 0.717) is 40.1 Å². The molecule has 0 unspecified atom stereocenters. The van der Waals surface area contributed by atoms with E-state index in [1.54, 1.807) is 48.3 Å². The van der Waals surface area contributed by atoms with Crippen molar-refractivity contribution in [3.63, 3.8) is 0 Å². The number of carbonyl (C=O) groups excluding carboxylic acids is 2. The van der Waals surface area contributed by atoms with Crippen LogP contribution in [0.1, 0.15) is 16.7 Å². The molecule has 0 aromatic heterocycles. The Labute approximate surface area is 237 Å². The van der Waals surface area contributed by atoms with E-state index in [1.165, 1.54) is 0 Å². The summed E-state index contributed by atoms with van der Waals surface area (Å²) in [5.41, 5.74) is 2.06. The van der Waals surface area contributed by atoms with Crippen LogP contribution >= 0.6 is 11.6 Å². The topological polar surface area (TPSA) is 68.3 Å². The minimum absolute atomic E-state index is 0.117. The first-order valence-electron chi connectivity index (χ1n) is 12.9. The summed E-state index contributed by atoms with van der Waals surface area (Å²) in [5, 5.41) is 0.490. The molecule has 4 aromatic carbocycles. The van der Waals surface area contributed by atoms with Gasteiger partial charge in [-0.25, -0.2) is 0 Å². The molecule has 0 bridgehead atoms. The molecular formula is C32H27ClN2O5. The first-order chi connectivity index (χ1) is 19.4. The van der Waals surface area contributed by atoms with Crippen molar-refractivity contribution in [1.29, 1.82) is 0 Å². The molecule has 1 fully saturated rings. The SMILES string of the molecule is COc1cc(OC)cc(O[C@@H]2C(=O)N3CC(=O)N(Cc4ccccc4)c4ccc(Cl)cc4[C@@]23c2ccccc2)c1. The van der Waals surface area contributed by atoms with E-state index in [4.69, 9.17) is 25.8 Å². The zero-order chi connectivity index (χ0) is 27.9. The summed E-state index contributed by atoms with van der Waals surface area (Å²) in [5.74, 6) is 0.969. The Kier molecular flexibility index (Phi) is 6.60.